The summed E-state index contributed by atoms with van der Waals surface area (Å²) in [4.78, 5) is 24.9. The monoisotopic (exact) mass is 293 g/mol. The Hall–Kier alpha value is -1.88. The van der Waals surface area contributed by atoms with Crippen LogP contribution in [0.3, 0.4) is 0 Å². The van der Waals surface area contributed by atoms with Gasteiger partial charge in [0.15, 0.2) is 0 Å². The molecule has 2 atom stereocenters. The summed E-state index contributed by atoms with van der Waals surface area (Å²) in [7, 11) is 1.59. The minimum absolute atomic E-state index is 0.0207. The van der Waals surface area contributed by atoms with Crippen LogP contribution in [-0.4, -0.2) is 41.1 Å². The van der Waals surface area contributed by atoms with Crippen molar-refractivity contribution in [1.82, 2.24) is 4.90 Å². The first-order valence-corrected chi connectivity index (χ1v) is 7.04. The third-order valence-corrected chi connectivity index (χ3v) is 3.51. The number of ether oxygens (including phenoxy) is 1. The van der Waals surface area contributed by atoms with Crippen molar-refractivity contribution in [3.05, 3.63) is 35.9 Å². The van der Waals surface area contributed by atoms with E-state index in [1.54, 1.807) is 7.11 Å². The highest BCUT2D eigenvalue weighted by Gasteiger charge is 2.25. The fraction of sp³-hybridized carbons (Fsp3) is 0.500. The van der Waals surface area contributed by atoms with Crippen molar-refractivity contribution in [1.29, 1.82) is 0 Å². The van der Waals surface area contributed by atoms with Gasteiger partial charge < -0.3 is 14.7 Å². The lowest BCUT2D eigenvalue weighted by molar-refractivity contribution is -0.150. The van der Waals surface area contributed by atoms with Crippen molar-refractivity contribution in [2.75, 3.05) is 7.11 Å². The van der Waals surface area contributed by atoms with Gasteiger partial charge in [0.05, 0.1) is 6.10 Å². The number of nitrogens with zero attached hydrogens (tertiary/aromatic N) is 1. The highest BCUT2D eigenvalue weighted by Crippen LogP contribution is 2.12. The smallest absolute Gasteiger partial charge is 0.326 e. The summed E-state index contributed by atoms with van der Waals surface area (Å²) in [5.74, 6) is -1.17. The van der Waals surface area contributed by atoms with Gasteiger partial charge >= 0.3 is 5.97 Å². The number of hydrogen-bond acceptors (Lipinski definition) is 3. The van der Waals surface area contributed by atoms with Crippen molar-refractivity contribution >= 4 is 11.9 Å². The van der Waals surface area contributed by atoms with Crippen LogP contribution in [-0.2, 0) is 20.9 Å². The molecule has 0 fully saturated rings. The van der Waals surface area contributed by atoms with Gasteiger partial charge in [0.1, 0.15) is 6.04 Å². The standard InChI is InChI=1S/C16H23NO4/c1-12(21-3)9-10-15(18)17(13(2)16(19)20)11-14-7-5-4-6-8-14/h4-8,12-13H,9-11H2,1-3H3,(H,19,20). The summed E-state index contributed by atoms with van der Waals surface area (Å²) < 4.78 is 5.12. The van der Waals surface area contributed by atoms with Gasteiger partial charge in [0.2, 0.25) is 5.91 Å². The molecule has 1 amide bonds. The van der Waals surface area contributed by atoms with Crippen molar-refractivity contribution in [2.45, 2.75) is 45.4 Å². The van der Waals surface area contributed by atoms with Gasteiger partial charge in [0, 0.05) is 20.1 Å². The summed E-state index contributed by atoms with van der Waals surface area (Å²) >= 11 is 0. The quantitative estimate of drug-likeness (QED) is 0.798. The fourth-order valence-corrected chi connectivity index (χ4v) is 1.94. The lowest BCUT2D eigenvalue weighted by atomic mass is 10.1. The summed E-state index contributed by atoms with van der Waals surface area (Å²) in [5, 5.41) is 9.18. The lowest BCUT2D eigenvalue weighted by Crippen LogP contribution is -2.42. The number of carbonyl (C=O) groups excluding carboxylic acids is 1. The molecule has 0 aliphatic carbocycles. The molecule has 1 aromatic carbocycles. The Balaban J connectivity index is 2.77. The van der Waals surface area contributed by atoms with E-state index in [2.05, 4.69) is 0 Å². The van der Waals surface area contributed by atoms with E-state index in [1.165, 1.54) is 11.8 Å². The second kappa shape index (κ2) is 8.42. The second-order valence-corrected chi connectivity index (χ2v) is 5.11. The van der Waals surface area contributed by atoms with E-state index in [-0.39, 0.29) is 18.4 Å². The molecule has 0 aliphatic heterocycles. The Morgan fingerprint density at radius 2 is 1.86 bits per heavy atom. The Bertz CT molecular complexity index is 461. The topological polar surface area (TPSA) is 66.8 Å². The Morgan fingerprint density at radius 1 is 1.24 bits per heavy atom. The van der Waals surface area contributed by atoms with E-state index >= 15 is 0 Å². The van der Waals surface area contributed by atoms with E-state index in [0.717, 1.165) is 5.56 Å². The predicted molar refractivity (Wildman–Crippen MR) is 79.8 cm³/mol. The van der Waals surface area contributed by atoms with Gasteiger partial charge in [-0.1, -0.05) is 30.3 Å². The second-order valence-electron chi connectivity index (χ2n) is 5.11. The first kappa shape index (κ1) is 17.2. The van der Waals surface area contributed by atoms with Gasteiger partial charge in [-0.25, -0.2) is 4.79 Å². The Kier molecular flexibility index (Phi) is 6.88. The minimum Gasteiger partial charge on any atom is -0.480 e. The van der Waals surface area contributed by atoms with E-state index < -0.39 is 12.0 Å². The van der Waals surface area contributed by atoms with E-state index in [4.69, 9.17) is 4.74 Å². The molecular weight excluding hydrogens is 270 g/mol. The highest BCUT2D eigenvalue weighted by molar-refractivity contribution is 5.83. The van der Waals surface area contributed by atoms with Crippen molar-refractivity contribution in [2.24, 2.45) is 0 Å². The molecule has 1 rings (SSSR count). The van der Waals surface area contributed by atoms with Crippen LogP contribution in [0, 0.1) is 0 Å². The third-order valence-electron chi connectivity index (χ3n) is 3.51. The van der Waals surface area contributed by atoms with Crippen LogP contribution < -0.4 is 0 Å². The van der Waals surface area contributed by atoms with E-state index in [9.17, 15) is 14.7 Å². The first-order valence-electron chi connectivity index (χ1n) is 7.04. The normalized spacial score (nSPS) is 13.5. The number of amides is 1. The third kappa shape index (κ3) is 5.55. The average Bonchev–Trinajstić information content (AvgIpc) is 2.50. The predicted octanol–water partition coefficient (Wildman–Crippen LogP) is 2.30. The van der Waals surface area contributed by atoms with Crippen LogP contribution in [0.5, 0.6) is 0 Å². The summed E-state index contributed by atoms with van der Waals surface area (Å²) in [6.07, 6.45) is 0.833. The number of carboxylic acid groups (broad SMARTS) is 1. The van der Waals surface area contributed by atoms with Crippen LogP contribution in [0.15, 0.2) is 30.3 Å². The molecule has 5 nitrogen and oxygen atoms in total. The number of methoxy groups -OCH3 is 1. The van der Waals surface area contributed by atoms with Gasteiger partial charge in [-0.3, -0.25) is 4.79 Å². The van der Waals surface area contributed by atoms with Crippen molar-refractivity contribution in [3.8, 4) is 0 Å². The number of rotatable bonds is 8. The molecular formula is C16H23NO4. The largest absolute Gasteiger partial charge is 0.480 e. The average molecular weight is 293 g/mol. The van der Waals surface area contributed by atoms with Crippen molar-refractivity contribution in [3.63, 3.8) is 0 Å². The van der Waals surface area contributed by atoms with Crippen LogP contribution >= 0.6 is 0 Å². The van der Waals surface area contributed by atoms with Gasteiger partial charge in [-0.15, -0.1) is 0 Å². The van der Waals surface area contributed by atoms with E-state index in [0.29, 0.717) is 13.0 Å². The molecule has 116 valence electrons. The zero-order valence-electron chi connectivity index (χ0n) is 12.8. The van der Waals surface area contributed by atoms with Crippen LogP contribution in [0.1, 0.15) is 32.3 Å². The molecule has 0 bridgehead atoms. The molecule has 0 spiro atoms. The molecule has 0 aliphatic rings. The summed E-state index contributed by atoms with van der Waals surface area (Å²) in [5.41, 5.74) is 0.915. The molecule has 1 aromatic rings. The molecule has 0 heterocycles. The molecule has 2 unspecified atom stereocenters. The zero-order chi connectivity index (χ0) is 15.8. The maximum absolute atomic E-state index is 12.3. The van der Waals surface area contributed by atoms with Gasteiger partial charge in [-0.05, 0) is 25.8 Å². The maximum atomic E-state index is 12.3. The number of carboxylic acids is 1. The van der Waals surface area contributed by atoms with Gasteiger partial charge in [0.25, 0.3) is 0 Å². The molecule has 0 saturated carbocycles. The molecule has 1 N–H and O–H groups in total. The molecule has 0 aromatic heterocycles. The van der Waals surface area contributed by atoms with Gasteiger partial charge in [-0.2, -0.15) is 0 Å². The fourth-order valence-electron chi connectivity index (χ4n) is 1.94. The lowest BCUT2D eigenvalue weighted by Gasteiger charge is -2.27. The molecule has 0 radical (unpaired) electrons. The number of aliphatic carboxylic acids is 1. The Labute approximate surface area is 125 Å². The van der Waals surface area contributed by atoms with Crippen LogP contribution in [0.2, 0.25) is 0 Å². The summed E-state index contributed by atoms with van der Waals surface area (Å²) in [6.45, 7) is 3.72. The highest BCUT2D eigenvalue weighted by atomic mass is 16.5. The minimum atomic E-state index is -1.00. The molecule has 21 heavy (non-hydrogen) atoms. The first-order chi connectivity index (χ1) is 9.95. The number of hydrogen-bond donors (Lipinski definition) is 1. The van der Waals surface area contributed by atoms with Crippen LogP contribution in [0.25, 0.3) is 0 Å². The summed E-state index contributed by atoms with van der Waals surface area (Å²) in [6, 6.07) is 8.54. The molecule has 5 heteroatoms. The van der Waals surface area contributed by atoms with Crippen molar-refractivity contribution < 1.29 is 19.4 Å². The zero-order valence-corrected chi connectivity index (χ0v) is 12.8. The molecule has 0 saturated heterocycles. The Morgan fingerprint density at radius 3 is 2.38 bits per heavy atom. The van der Waals surface area contributed by atoms with Crippen LogP contribution in [0.4, 0.5) is 0 Å². The number of carbonyl (C=O) groups is 2. The maximum Gasteiger partial charge on any atom is 0.326 e. The number of benzene rings is 1. The SMILES string of the molecule is COC(C)CCC(=O)N(Cc1ccccc1)C(C)C(=O)O. The van der Waals surface area contributed by atoms with E-state index in [1.807, 2.05) is 37.3 Å².